The number of ether oxygens (including phenoxy) is 1. The van der Waals surface area contributed by atoms with Crippen LogP contribution >= 0.6 is 23.6 Å². The molecule has 1 atom stereocenters. The maximum absolute atomic E-state index is 5.28. The molecule has 1 aromatic rings. The highest BCUT2D eigenvalue weighted by Gasteiger charge is 2.09. The average molecular weight is 259 g/mol. The Kier molecular flexibility index (Phi) is 5.65. The quantitative estimate of drug-likeness (QED) is 0.811. The minimum atomic E-state index is 0.218. The highest BCUT2D eigenvalue weighted by Crippen LogP contribution is 2.04. The number of thiazole rings is 1. The maximum atomic E-state index is 5.28. The molecule has 1 heterocycles. The van der Waals surface area contributed by atoms with E-state index in [1.54, 1.807) is 18.4 Å². The third-order valence-electron chi connectivity index (χ3n) is 2.02. The summed E-state index contributed by atoms with van der Waals surface area (Å²) in [7, 11) is 3.63. The maximum Gasteiger partial charge on any atom is 0.169 e. The fraction of sp³-hybridized carbons (Fsp3) is 0.600. The molecule has 0 aliphatic heterocycles. The van der Waals surface area contributed by atoms with Crippen molar-refractivity contribution in [2.75, 3.05) is 20.8 Å². The van der Waals surface area contributed by atoms with E-state index in [9.17, 15) is 0 Å². The van der Waals surface area contributed by atoms with E-state index < -0.39 is 0 Å². The second-order valence-corrected chi connectivity index (χ2v) is 4.75. The van der Waals surface area contributed by atoms with Crippen molar-refractivity contribution in [1.29, 1.82) is 0 Å². The summed E-state index contributed by atoms with van der Waals surface area (Å²) in [6.07, 6.45) is 0. The lowest BCUT2D eigenvalue weighted by molar-refractivity contribution is 0.178. The summed E-state index contributed by atoms with van der Waals surface area (Å²) < 4.78 is 5.04. The molecular weight excluding hydrogens is 242 g/mol. The normalized spacial score (nSPS) is 12.2. The van der Waals surface area contributed by atoms with Crippen LogP contribution in [0.2, 0.25) is 0 Å². The number of methoxy groups -OCH3 is 1. The topological polar surface area (TPSA) is 37.4 Å². The van der Waals surface area contributed by atoms with Gasteiger partial charge >= 0.3 is 0 Å². The van der Waals surface area contributed by atoms with Crippen molar-refractivity contribution in [3.05, 3.63) is 16.6 Å². The summed E-state index contributed by atoms with van der Waals surface area (Å²) in [6.45, 7) is 3.41. The minimum absolute atomic E-state index is 0.218. The largest absolute Gasteiger partial charge is 0.383 e. The molecule has 1 aromatic heterocycles. The van der Waals surface area contributed by atoms with E-state index in [0.717, 1.165) is 17.4 Å². The smallest absolute Gasteiger partial charge is 0.169 e. The van der Waals surface area contributed by atoms with Crippen LogP contribution in [0.25, 0.3) is 0 Å². The van der Waals surface area contributed by atoms with Crippen LogP contribution in [0.4, 0.5) is 0 Å². The van der Waals surface area contributed by atoms with E-state index in [-0.39, 0.29) is 6.04 Å². The van der Waals surface area contributed by atoms with Crippen molar-refractivity contribution in [3.63, 3.8) is 0 Å². The third-order valence-corrected chi connectivity index (χ3v) is 3.08. The second kappa shape index (κ2) is 6.78. The Morgan fingerprint density at radius 2 is 2.50 bits per heavy atom. The van der Waals surface area contributed by atoms with Gasteiger partial charge in [0.05, 0.1) is 24.4 Å². The van der Waals surface area contributed by atoms with E-state index in [2.05, 4.69) is 10.3 Å². The van der Waals surface area contributed by atoms with Crippen molar-refractivity contribution in [2.45, 2.75) is 19.5 Å². The van der Waals surface area contributed by atoms with Crippen molar-refractivity contribution in [1.82, 2.24) is 15.2 Å². The molecule has 0 aliphatic rings. The molecule has 1 N–H and O–H groups in total. The number of aromatic nitrogens is 1. The van der Waals surface area contributed by atoms with E-state index in [0.29, 0.717) is 6.61 Å². The number of hydrogen-bond acceptors (Lipinski definition) is 4. The Hall–Kier alpha value is -0.720. The predicted molar refractivity (Wildman–Crippen MR) is 70.7 cm³/mol. The molecule has 0 saturated carbocycles. The zero-order valence-corrected chi connectivity index (χ0v) is 11.4. The molecule has 0 aliphatic carbocycles. The second-order valence-electron chi connectivity index (χ2n) is 3.64. The zero-order valence-electron chi connectivity index (χ0n) is 9.77. The lowest BCUT2D eigenvalue weighted by Crippen LogP contribution is -2.43. The Morgan fingerprint density at radius 1 is 1.75 bits per heavy atom. The van der Waals surface area contributed by atoms with Gasteiger partial charge in [0.15, 0.2) is 5.11 Å². The van der Waals surface area contributed by atoms with Crippen LogP contribution < -0.4 is 5.32 Å². The standard InChI is InChI=1S/C10H17N3OS2/c1-8(5-14-3)12-10(15)13(2)4-9-6-16-7-11-9/h6-8H,4-5H2,1-3H3,(H,12,15). The van der Waals surface area contributed by atoms with E-state index >= 15 is 0 Å². The molecule has 1 rings (SSSR count). The van der Waals surface area contributed by atoms with Crippen LogP contribution in [0.15, 0.2) is 10.9 Å². The molecule has 16 heavy (non-hydrogen) atoms. The molecule has 6 heteroatoms. The van der Waals surface area contributed by atoms with Crippen molar-refractivity contribution >= 4 is 28.7 Å². The number of nitrogens with one attached hydrogen (secondary N) is 1. The Morgan fingerprint density at radius 3 is 3.06 bits per heavy atom. The molecule has 0 spiro atoms. The van der Waals surface area contributed by atoms with Crippen LogP contribution in [0, 0.1) is 0 Å². The summed E-state index contributed by atoms with van der Waals surface area (Å²) in [5.74, 6) is 0. The highest BCUT2D eigenvalue weighted by molar-refractivity contribution is 7.80. The molecule has 0 radical (unpaired) electrons. The van der Waals surface area contributed by atoms with Crippen LogP contribution in [-0.4, -0.2) is 41.8 Å². The Labute approximate surface area is 106 Å². The highest BCUT2D eigenvalue weighted by atomic mass is 32.1. The Bertz CT molecular complexity index is 316. The van der Waals surface area contributed by atoms with Gasteiger partial charge in [-0.1, -0.05) is 0 Å². The van der Waals surface area contributed by atoms with Gasteiger partial charge in [-0.25, -0.2) is 4.98 Å². The van der Waals surface area contributed by atoms with Crippen molar-refractivity contribution in [2.24, 2.45) is 0 Å². The monoisotopic (exact) mass is 259 g/mol. The Balaban J connectivity index is 2.36. The predicted octanol–water partition coefficient (Wildman–Crippen LogP) is 1.48. The first-order valence-corrected chi connectivity index (χ1v) is 6.36. The van der Waals surface area contributed by atoms with Gasteiger partial charge in [0.25, 0.3) is 0 Å². The van der Waals surface area contributed by atoms with Crippen molar-refractivity contribution in [3.8, 4) is 0 Å². The van der Waals surface area contributed by atoms with Gasteiger partial charge in [-0.3, -0.25) is 0 Å². The lowest BCUT2D eigenvalue weighted by Gasteiger charge is -2.23. The van der Waals surface area contributed by atoms with E-state index in [1.807, 2.05) is 29.8 Å². The molecule has 0 fully saturated rings. The molecule has 0 saturated heterocycles. The molecule has 4 nitrogen and oxygen atoms in total. The van der Waals surface area contributed by atoms with E-state index in [1.165, 1.54) is 0 Å². The first kappa shape index (κ1) is 13.3. The number of hydrogen-bond donors (Lipinski definition) is 1. The molecule has 90 valence electrons. The average Bonchev–Trinajstić information content (AvgIpc) is 2.70. The summed E-state index contributed by atoms with van der Waals surface area (Å²) in [5, 5.41) is 5.95. The van der Waals surface area contributed by atoms with Gasteiger partial charge in [0.2, 0.25) is 0 Å². The fourth-order valence-corrected chi connectivity index (χ4v) is 2.06. The summed E-state index contributed by atoms with van der Waals surface area (Å²) in [4.78, 5) is 6.19. The fourth-order valence-electron chi connectivity index (χ4n) is 1.24. The summed E-state index contributed by atoms with van der Waals surface area (Å²) in [5.41, 5.74) is 2.86. The van der Waals surface area contributed by atoms with E-state index in [4.69, 9.17) is 17.0 Å². The van der Waals surface area contributed by atoms with Gasteiger partial charge in [-0.05, 0) is 19.1 Å². The van der Waals surface area contributed by atoms with Gasteiger partial charge in [-0.2, -0.15) is 0 Å². The van der Waals surface area contributed by atoms with Crippen LogP contribution in [0.3, 0.4) is 0 Å². The van der Waals surface area contributed by atoms with Crippen LogP contribution in [0.5, 0.6) is 0 Å². The first-order valence-electron chi connectivity index (χ1n) is 5.01. The zero-order chi connectivity index (χ0) is 12.0. The first-order chi connectivity index (χ1) is 7.63. The number of rotatable bonds is 5. The molecule has 1 unspecified atom stereocenters. The van der Waals surface area contributed by atoms with Crippen LogP contribution in [0.1, 0.15) is 12.6 Å². The number of thiocarbonyl (C=S) groups is 1. The molecule has 0 aromatic carbocycles. The lowest BCUT2D eigenvalue weighted by atomic mass is 10.4. The van der Waals surface area contributed by atoms with Gasteiger partial charge < -0.3 is 15.0 Å². The molecule has 0 bridgehead atoms. The van der Waals surface area contributed by atoms with Gasteiger partial charge in [-0.15, -0.1) is 11.3 Å². The van der Waals surface area contributed by atoms with Crippen molar-refractivity contribution < 1.29 is 4.74 Å². The SMILES string of the molecule is COCC(C)NC(=S)N(C)Cc1cscn1. The van der Waals surface area contributed by atoms with Crippen LogP contribution in [-0.2, 0) is 11.3 Å². The minimum Gasteiger partial charge on any atom is -0.383 e. The summed E-state index contributed by atoms with van der Waals surface area (Å²) >= 11 is 6.87. The molecular formula is C10H17N3OS2. The number of nitrogens with zero attached hydrogens (tertiary/aromatic N) is 2. The summed E-state index contributed by atoms with van der Waals surface area (Å²) in [6, 6.07) is 0.218. The van der Waals surface area contributed by atoms with Gasteiger partial charge in [0.1, 0.15) is 0 Å². The molecule has 0 amide bonds. The van der Waals surface area contributed by atoms with Gasteiger partial charge in [0, 0.05) is 25.6 Å². The third kappa shape index (κ3) is 4.42.